The summed E-state index contributed by atoms with van der Waals surface area (Å²) in [4.78, 5) is 26.4. The van der Waals surface area contributed by atoms with Crippen molar-refractivity contribution in [3.05, 3.63) is 65.7 Å². The van der Waals surface area contributed by atoms with Gasteiger partial charge in [0, 0.05) is 0 Å². The Morgan fingerprint density at radius 3 is 2.46 bits per heavy atom. The van der Waals surface area contributed by atoms with Crippen LogP contribution in [0.4, 0.5) is 5.69 Å². The minimum atomic E-state index is -0.528. The quantitative estimate of drug-likeness (QED) is 0.393. The molecule has 0 radical (unpaired) electrons. The topological polar surface area (TPSA) is 58.6 Å². The maximum absolute atomic E-state index is 12.8. The lowest BCUT2D eigenvalue weighted by Gasteiger charge is -2.28. The molecule has 0 unspecified atom stereocenters. The Balaban J connectivity index is 1.89. The zero-order chi connectivity index (χ0) is 18.5. The molecule has 128 valence electrons. The van der Waals surface area contributed by atoms with E-state index in [4.69, 9.17) is 23.4 Å². The van der Waals surface area contributed by atoms with Gasteiger partial charge in [0.2, 0.25) is 0 Å². The zero-order valence-electron chi connectivity index (χ0n) is 13.6. The number of terminal acetylenes is 1. The number of amides is 2. The molecule has 1 aliphatic rings. The van der Waals surface area contributed by atoms with Crippen molar-refractivity contribution < 1.29 is 14.3 Å². The summed E-state index contributed by atoms with van der Waals surface area (Å²) in [5.41, 5.74) is 1.27. The molecule has 1 heterocycles. The SMILES string of the molecule is C#CCOc1ccc(C=C2C(=O)NC(=S)N(c3ccccc3)C2=O)cc1. The van der Waals surface area contributed by atoms with E-state index in [2.05, 4.69) is 11.2 Å². The van der Waals surface area contributed by atoms with Crippen LogP contribution in [0.25, 0.3) is 6.08 Å². The van der Waals surface area contributed by atoms with Crippen LogP contribution in [0.5, 0.6) is 5.75 Å². The minimum absolute atomic E-state index is 0.000235. The molecule has 6 heteroatoms. The van der Waals surface area contributed by atoms with Crippen LogP contribution in [0, 0.1) is 12.3 Å². The number of hydrogen-bond donors (Lipinski definition) is 1. The van der Waals surface area contributed by atoms with Gasteiger partial charge in [-0.1, -0.05) is 36.3 Å². The number of anilines is 1. The molecule has 1 fully saturated rings. The number of thiocarbonyl (C=S) groups is 1. The highest BCUT2D eigenvalue weighted by Crippen LogP contribution is 2.22. The molecule has 1 saturated heterocycles. The van der Waals surface area contributed by atoms with Crippen LogP contribution in [0.1, 0.15) is 5.56 Å². The van der Waals surface area contributed by atoms with Gasteiger partial charge in [0.1, 0.15) is 17.9 Å². The molecule has 2 aromatic carbocycles. The van der Waals surface area contributed by atoms with E-state index in [0.717, 1.165) is 0 Å². The Labute approximate surface area is 156 Å². The van der Waals surface area contributed by atoms with Gasteiger partial charge in [0.05, 0.1) is 5.69 Å². The van der Waals surface area contributed by atoms with Crippen molar-refractivity contribution in [2.24, 2.45) is 0 Å². The predicted octanol–water partition coefficient (Wildman–Crippen LogP) is 2.53. The Morgan fingerprint density at radius 1 is 1.12 bits per heavy atom. The van der Waals surface area contributed by atoms with Gasteiger partial charge >= 0.3 is 0 Å². The Kier molecular flexibility index (Phi) is 5.11. The van der Waals surface area contributed by atoms with Gasteiger partial charge in [-0.2, -0.15) is 0 Å². The molecular weight excluding hydrogens is 348 g/mol. The lowest BCUT2D eigenvalue weighted by molar-refractivity contribution is -0.122. The summed E-state index contributed by atoms with van der Waals surface area (Å²) >= 11 is 5.15. The van der Waals surface area contributed by atoms with E-state index >= 15 is 0 Å². The number of benzene rings is 2. The van der Waals surface area contributed by atoms with Crippen molar-refractivity contribution in [2.75, 3.05) is 11.5 Å². The van der Waals surface area contributed by atoms with E-state index in [1.807, 2.05) is 6.07 Å². The van der Waals surface area contributed by atoms with Gasteiger partial charge in [-0.05, 0) is 48.1 Å². The fourth-order valence-corrected chi connectivity index (χ4v) is 2.70. The maximum Gasteiger partial charge on any atom is 0.270 e. The van der Waals surface area contributed by atoms with E-state index in [-0.39, 0.29) is 17.3 Å². The molecule has 0 atom stereocenters. The standard InChI is InChI=1S/C20H14N2O3S/c1-2-12-25-16-10-8-14(9-11-16)13-17-18(23)21-20(26)22(19(17)24)15-6-4-3-5-7-15/h1,3-11,13H,12H2,(H,21,23,26). The number of ether oxygens (including phenoxy) is 1. The second kappa shape index (κ2) is 7.64. The number of nitrogens with zero attached hydrogens (tertiary/aromatic N) is 1. The molecule has 3 rings (SSSR count). The fraction of sp³-hybridized carbons (Fsp3) is 0.0500. The average molecular weight is 362 g/mol. The Hall–Kier alpha value is -3.43. The van der Waals surface area contributed by atoms with E-state index < -0.39 is 11.8 Å². The lowest BCUT2D eigenvalue weighted by Crippen LogP contribution is -2.54. The van der Waals surface area contributed by atoms with Crippen molar-refractivity contribution in [1.29, 1.82) is 0 Å². The third-order valence-corrected chi connectivity index (χ3v) is 3.91. The van der Waals surface area contributed by atoms with Gasteiger partial charge in [0.25, 0.3) is 11.8 Å². The van der Waals surface area contributed by atoms with Crippen LogP contribution in [-0.2, 0) is 9.59 Å². The highest BCUT2D eigenvalue weighted by molar-refractivity contribution is 7.80. The molecule has 0 spiro atoms. The molecule has 0 saturated carbocycles. The summed E-state index contributed by atoms with van der Waals surface area (Å²) in [6, 6.07) is 15.8. The number of hydrogen-bond acceptors (Lipinski definition) is 4. The zero-order valence-corrected chi connectivity index (χ0v) is 14.5. The molecule has 2 aromatic rings. The van der Waals surface area contributed by atoms with E-state index in [9.17, 15) is 9.59 Å². The van der Waals surface area contributed by atoms with Gasteiger partial charge in [-0.15, -0.1) is 6.42 Å². The number of para-hydroxylation sites is 1. The summed E-state index contributed by atoms with van der Waals surface area (Å²) < 4.78 is 5.30. The second-order valence-electron chi connectivity index (χ2n) is 5.36. The lowest BCUT2D eigenvalue weighted by atomic mass is 10.1. The van der Waals surface area contributed by atoms with Crippen molar-refractivity contribution in [3.8, 4) is 18.1 Å². The average Bonchev–Trinajstić information content (AvgIpc) is 2.65. The largest absolute Gasteiger partial charge is 0.481 e. The van der Waals surface area contributed by atoms with Crippen LogP contribution in [-0.4, -0.2) is 23.5 Å². The van der Waals surface area contributed by atoms with Crippen LogP contribution < -0.4 is 15.0 Å². The molecule has 5 nitrogen and oxygen atoms in total. The molecule has 2 amide bonds. The normalized spacial score (nSPS) is 15.6. The van der Waals surface area contributed by atoms with Crippen LogP contribution in [0.15, 0.2) is 60.2 Å². The summed E-state index contributed by atoms with van der Waals surface area (Å²) in [6.07, 6.45) is 6.67. The monoisotopic (exact) mass is 362 g/mol. The van der Waals surface area contributed by atoms with Crippen molar-refractivity contribution in [1.82, 2.24) is 5.32 Å². The van der Waals surface area contributed by atoms with E-state index in [1.54, 1.807) is 48.5 Å². The molecule has 26 heavy (non-hydrogen) atoms. The van der Waals surface area contributed by atoms with Crippen molar-refractivity contribution in [3.63, 3.8) is 0 Å². The molecule has 0 aliphatic carbocycles. The summed E-state index contributed by atoms with van der Waals surface area (Å²) in [6.45, 7) is 0.171. The Bertz CT molecular complexity index is 928. The molecular formula is C20H14N2O3S. The molecule has 1 N–H and O–H groups in total. The summed E-state index contributed by atoms with van der Waals surface area (Å²) in [5, 5.41) is 2.61. The summed E-state index contributed by atoms with van der Waals surface area (Å²) in [5.74, 6) is 1.99. The molecule has 1 aliphatic heterocycles. The van der Waals surface area contributed by atoms with Crippen LogP contribution in [0.3, 0.4) is 0 Å². The highest BCUT2D eigenvalue weighted by atomic mass is 32.1. The number of carbonyl (C=O) groups excluding carboxylic acids is 2. The van der Waals surface area contributed by atoms with E-state index in [0.29, 0.717) is 17.0 Å². The fourth-order valence-electron chi connectivity index (χ4n) is 2.42. The van der Waals surface area contributed by atoms with Crippen molar-refractivity contribution in [2.45, 2.75) is 0 Å². The number of rotatable bonds is 4. The predicted molar refractivity (Wildman–Crippen MR) is 103 cm³/mol. The molecule has 0 aromatic heterocycles. The van der Waals surface area contributed by atoms with Gasteiger partial charge in [0.15, 0.2) is 5.11 Å². The maximum atomic E-state index is 12.8. The summed E-state index contributed by atoms with van der Waals surface area (Å²) in [7, 11) is 0. The first-order valence-corrected chi connectivity index (χ1v) is 8.14. The van der Waals surface area contributed by atoms with Gasteiger partial charge < -0.3 is 4.74 Å². The first kappa shape index (κ1) is 17.4. The first-order chi connectivity index (χ1) is 12.6. The first-order valence-electron chi connectivity index (χ1n) is 7.73. The molecule has 0 bridgehead atoms. The number of nitrogens with one attached hydrogen (secondary N) is 1. The third kappa shape index (κ3) is 3.63. The van der Waals surface area contributed by atoms with Crippen molar-refractivity contribution >= 4 is 40.9 Å². The minimum Gasteiger partial charge on any atom is -0.481 e. The van der Waals surface area contributed by atoms with E-state index in [1.165, 1.54) is 11.0 Å². The number of carbonyl (C=O) groups is 2. The Morgan fingerprint density at radius 2 is 1.81 bits per heavy atom. The smallest absolute Gasteiger partial charge is 0.270 e. The van der Waals surface area contributed by atoms with Crippen LogP contribution in [0.2, 0.25) is 0 Å². The van der Waals surface area contributed by atoms with Gasteiger partial charge in [-0.3, -0.25) is 19.8 Å². The van der Waals surface area contributed by atoms with Gasteiger partial charge in [-0.25, -0.2) is 0 Å². The third-order valence-electron chi connectivity index (χ3n) is 3.63. The van der Waals surface area contributed by atoms with Crippen LogP contribution >= 0.6 is 12.2 Å². The second-order valence-corrected chi connectivity index (χ2v) is 5.74. The highest BCUT2D eigenvalue weighted by Gasteiger charge is 2.34.